The fraction of sp³-hybridized carbons (Fsp3) is 0.0435. The average molecular weight is 408 g/mol. The van der Waals surface area contributed by atoms with Crippen LogP contribution >= 0.6 is 23.4 Å². The quantitative estimate of drug-likeness (QED) is 0.298. The molecular formula is C23H18ClNO2S. The summed E-state index contributed by atoms with van der Waals surface area (Å²) in [7, 11) is 0. The van der Waals surface area contributed by atoms with Gasteiger partial charge in [-0.15, -0.1) is 11.8 Å². The Morgan fingerprint density at radius 1 is 0.929 bits per heavy atom. The second-order valence-electron chi connectivity index (χ2n) is 5.95. The summed E-state index contributed by atoms with van der Waals surface area (Å²) >= 11 is 7.48. The van der Waals surface area contributed by atoms with Crippen LogP contribution in [0, 0.1) is 0 Å². The largest absolute Gasteiger partial charge is 0.322 e. The zero-order valence-electron chi connectivity index (χ0n) is 15.0. The molecular weight excluding hydrogens is 390 g/mol. The molecule has 0 saturated heterocycles. The second kappa shape index (κ2) is 9.93. The number of nitrogens with one attached hydrogen (secondary N) is 1. The molecule has 0 unspecified atom stereocenters. The summed E-state index contributed by atoms with van der Waals surface area (Å²) in [6.45, 7) is 0. The van der Waals surface area contributed by atoms with Gasteiger partial charge in [0.25, 0.3) is 0 Å². The molecule has 28 heavy (non-hydrogen) atoms. The van der Waals surface area contributed by atoms with Crippen LogP contribution in [0.15, 0.2) is 89.8 Å². The third-order valence-corrected chi connectivity index (χ3v) is 5.20. The molecule has 3 rings (SSSR count). The maximum absolute atomic E-state index is 12.3. The van der Waals surface area contributed by atoms with Gasteiger partial charge in [0.2, 0.25) is 5.91 Å². The van der Waals surface area contributed by atoms with Crippen molar-refractivity contribution in [2.75, 3.05) is 11.1 Å². The Morgan fingerprint density at radius 2 is 1.68 bits per heavy atom. The molecule has 0 fully saturated rings. The molecule has 3 nitrogen and oxygen atoms in total. The Hall–Kier alpha value is -2.82. The van der Waals surface area contributed by atoms with Crippen LogP contribution in [0.4, 0.5) is 5.69 Å². The molecule has 0 radical (unpaired) electrons. The van der Waals surface area contributed by atoms with Crippen molar-refractivity contribution in [3.63, 3.8) is 0 Å². The monoisotopic (exact) mass is 407 g/mol. The number of amides is 1. The Kier molecular flexibility index (Phi) is 7.06. The lowest BCUT2D eigenvalue weighted by Crippen LogP contribution is -2.07. The van der Waals surface area contributed by atoms with Gasteiger partial charge < -0.3 is 5.32 Å². The van der Waals surface area contributed by atoms with E-state index in [9.17, 15) is 9.59 Å². The van der Waals surface area contributed by atoms with E-state index < -0.39 is 0 Å². The van der Waals surface area contributed by atoms with Crippen molar-refractivity contribution in [2.24, 2.45) is 0 Å². The van der Waals surface area contributed by atoms with Crippen LogP contribution in [-0.4, -0.2) is 17.4 Å². The summed E-state index contributed by atoms with van der Waals surface area (Å²) in [6.07, 6.45) is 3.26. The van der Waals surface area contributed by atoms with Crippen LogP contribution < -0.4 is 5.32 Å². The molecule has 0 saturated carbocycles. The first-order valence-corrected chi connectivity index (χ1v) is 10.0. The zero-order valence-corrected chi connectivity index (χ0v) is 16.5. The van der Waals surface area contributed by atoms with E-state index in [1.807, 2.05) is 54.6 Å². The van der Waals surface area contributed by atoms with Gasteiger partial charge in [0.05, 0.1) is 10.8 Å². The molecule has 0 aliphatic heterocycles. The predicted molar refractivity (Wildman–Crippen MR) is 117 cm³/mol. The molecule has 0 aromatic heterocycles. The maximum atomic E-state index is 12.3. The SMILES string of the molecule is O=C(/C=C/c1ccccc1)Nc1cccc(SCC(=O)c2ccccc2Cl)c1. The van der Waals surface area contributed by atoms with Gasteiger partial charge in [-0.25, -0.2) is 0 Å². The van der Waals surface area contributed by atoms with E-state index in [0.29, 0.717) is 16.3 Å². The lowest BCUT2D eigenvalue weighted by atomic mass is 10.1. The minimum Gasteiger partial charge on any atom is -0.322 e. The fourth-order valence-corrected chi connectivity index (χ4v) is 3.58. The predicted octanol–water partition coefficient (Wildman–Crippen LogP) is 5.97. The third-order valence-electron chi connectivity index (χ3n) is 3.87. The molecule has 140 valence electrons. The summed E-state index contributed by atoms with van der Waals surface area (Å²) in [4.78, 5) is 25.3. The van der Waals surface area contributed by atoms with Crippen LogP contribution in [0.1, 0.15) is 15.9 Å². The molecule has 1 N–H and O–H groups in total. The van der Waals surface area contributed by atoms with Crippen molar-refractivity contribution < 1.29 is 9.59 Å². The van der Waals surface area contributed by atoms with Gasteiger partial charge in [-0.1, -0.05) is 60.1 Å². The molecule has 0 aliphatic carbocycles. The fourth-order valence-electron chi connectivity index (χ4n) is 2.50. The highest BCUT2D eigenvalue weighted by Gasteiger charge is 2.10. The van der Waals surface area contributed by atoms with Crippen molar-refractivity contribution in [3.8, 4) is 0 Å². The van der Waals surface area contributed by atoms with Gasteiger partial charge in [0, 0.05) is 22.2 Å². The second-order valence-corrected chi connectivity index (χ2v) is 7.41. The number of ketones is 1. The normalized spacial score (nSPS) is 10.8. The van der Waals surface area contributed by atoms with Gasteiger partial charge in [-0.05, 0) is 42.0 Å². The molecule has 5 heteroatoms. The number of anilines is 1. The van der Waals surface area contributed by atoms with Gasteiger partial charge in [0.1, 0.15) is 0 Å². The minimum atomic E-state index is -0.210. The number of hydrogen-bond acceptors (Lipinski definition) is 3. The van der Waals surface area contributed by atoms with Crippen molar-refractivity contribution in [1.29, 1.82) is 0 Å². The Balaban J connectivity index is 1.58. The van der Waals surface area contributed by atoms with E-state index in [4.69, 9.17) is 11.6 Å². The van der Waals surface area contributed by atoms with Crippen molar-refractivity contribution in [2.45, 2.75) is 4.90 Å². The van der Waals surface area contributed by atoms with E-state index in [2.05, 4.69) is 5.32 Å². The number of rotatable bonds is 7. The summed E-state index contributed by atoms with van der Waals surface area (Å²) in [6, 6.07) is 24.1. The van der Waals surface area contributed by atoms with Crippen LogP contribution in [0.2, 0.25) is 5.02 Å². The molecule has 0 atom stereocenters. The number of halogens is 1. The minimum absolute atomic E-state index is 0.0316. The topological polar surface area (TPSA) is 46.2 Å². The van der Waals surface area contributed by atoms with Crippen molar-refractivity contribution in [3.05, 3.63) is 101 Å². The first kappa shape index (κ1) is 19.9. The van der Waals surface area contributed by atoms with Crippen LogP contribution in [0.25, 0.3) is 6.08 Å². The standard InChI is InChI=1S/C23H18ClNO2S/c24-21-12-5-4-11-20(21)22(26)16-28-19-10-6-9-18(15-19)25-23(27)14-13-17-7-2-1-3-8-17/h1-15H,16H2,(H,25,27)/b14-13+. The van der Waals surface area contributed by atoms with E-state index in [1.165, 1.54) is 17.8 Å². The van der Waals surface area contributed by atoms with Crippen LogP contribution in [0.3, 0.4) is 0 Å². The smallest absolute Gasteiger partial charge is 0.248 e. The number of thioether (sulfide) groups is 1. The third kappa shape index (κ3) is 5.84. The summed E-state index contributed by atoms with van der Waals surface area (Å²) in [5, 5.41) is 3.29. The van der Waals surface area contributed by atoms with Crippen molar-refractivity contribution in [1.82, 2.24) is 0 Å². The number of carbonyl (C=O) groups is 2. The number of carbonyl (C=O) groups excluding carboxylic acids is 2. The van der Waals surface area contributed by atoms with E-state index >= 15 is 0 Å². The lowest BCUT2D eigenvalue weighted by Gasteiger charge is -2.06. The number of Topliss-reactive ketones (excluding diaryl/α,β-unsaturated/α-hetero) is 1. The molecule has 0 aliphatic rings. The van der Waals surface area contributed by atoms with E-state index in [1.54, 1.807) is 30.3 Å². The highest BCUT2D eigenvalue weighted by Crippen LogP contribution is 2.24. The first-order chi connectivity index (χ1) is 13.6. The Labute approximate surface area is 173 Å². The summed E-state index contributed by atoms with van der Waals surface area (Å²) in [5.41, 5.74) is 2.16. The first-order valence-electron chi connectivity index (χ1n) is 8.66. The maximum Gasteiger partial charge on any atom is 0.248 e. The highest BCUT2D eigenvalue weighted by atomic mass is 35.5. The lowest BCUT2D eigenvalue weighted by molar-refractivity contribution is -0.111. The highest BCUT2D eigenvalue weighted by molar-refractivity contribution is 8.00. The molecule has 1 amide bonds. The van der Waals surface area contributed by atoms with Gasteiger partial charge in [-0.2, -0.15) is 0 Å². The van der Waals surface area contributed by atoms with E-state index in [0.717, 1.165) is 10.5 Å². The number of benzene rings is 3. The van der Waals surface area contributed by atoms with Crippen LogP contribution in [0.5, 0.6) is 0 Å². The Morgan fingerprint density at radius 3 is 2.46 bits per heavy atom. The van der Waals surface area contributed by atoms with Gasteiger partial charge in [-0.3, -0.25) is 9.59 Å². The Bertz CT molecular complexity index is 1000. The molecule has 0 heterocycles. The van der Waals surface area contributed by atoms with E-state index in [-0.39, 0.29) is 17.4 Å². The van der Waals surface area contributed by atoms with Gasteiger partial charge in [0.15, 0.2) is 5.78 Å². The van der Waals surface area contributed by atoms with Crippen LogP contribution in [-0.2, 0) is 4.79 Å². The number of hydrogen-bond donors (Lipinski definition) is 1. The summed E-state index contributed by atoms with van der Waals surface area (Å²) < 4.78 is 0. The molecule has 0 spiro atoms. The van der Waals surface area contributed by atoms with Crippen molar-refractivity contribution >= 4 is 46.8 Å². The molecule has 3 aromatic carbocycles. The van der Waals surface area contributed by atoms with Gasteiger partial charge >= 0.3 is 0 Å². The molecule has 3 aromatic rings. The summed E-state index contributed by atoms with van der Waals surface area (Å²) in [5.74, 6) is 0.0312. The zero-order chi connectivity index (χ0) is 19.8. The average Bonchev–Trinajstić information content (AvgIpc) is 2.72. The molecule has 0 bridgehead atoms.